The maximum atomic E-state index is 12.0. The molecule has 3 rings (SSSR count). The number of methoxy groups -OCH3 is 1. The number of aromatic nitrogens is 1. The lowest BCUT2D eigenvalue weighted by Gasteiger charge is -2.11. The summed E-state index contributed by atoms with van der Waals surface area (Å²) in [5.41, 5.74) is 3.06. The highest BCUT2D eigenvalue weighted by atomic mass is 16.5. The smallest absolute Gasteiger partial charge is 0.269 e. The van der Waals surface area contributed by atoms with Gasteiger partial charge in [0.15, 0.2) is 0 Å². The number of pyridine rings is 1. The van der Waals surface area contributed by atoms with Crippen molar-refractivity contribution in [2.24, 2.45) is 0 Å². The molecule has 0 aliphatic carbocycles. The third kappa shape index (κ3) is 2.39. The highest BCUT2D eigenvalue weighted by molar-refractivity contribution is 6.02. The Morgan fingerprint density at radius 1 is 1.09 bits per heavy atom. The minimum atomic E-state index is -0.218. The minimum Gasteiger partial charge on any atom is -0.494 e. The predicted octanol–water partition coefficient (Wildman–Crippen LogP) is 3.27. The zero-order valence-corrected chi connectivity index (χ0v) is 12.5. The summed E-state index contributed by atoms with van der Waals surface area (Å²) in [5, 5.41) is 3.58. The fraction of sp³-hybridized carbons (Fsp3) is 0.111. The second kappa shape index (κ2) is 5.85. The summed E-state index contributed by atoms with van der Waals surface area (Å²) < 4.78 is 5.39. The number of benzene rings is 2. The van der Waals surface area contributed by atoms with Crippen LogP contribution in [-0.4, -0.2) is 25.0 Å². The first-order chi connectivity index (χ1) is 10.7. The number of para-hydroxylation sites is 1. The molecule has 1 heterocycles. The van der Waals surface area contributed by atoms with Crippen LogP contribution >= 0.6 is 0 Å². The van der Waals surface area contributed by atoms with Gasteiger partial charge in [0, 0.05) is 12.4 Å². The summed E-state index contributed by atoms with van der Waals surface area (Å²) in [6.07, 6.45) is 0. The Balaban J connectivity index is 2.36. The van der Waals surface area contributed by atoms with Gasteiger partial charge in [-0.3, -0.25) is 4.79 Å². The largest absolute Gasteiger partial charge is 0.494 e. The van der Waals surface area contributed by atoms with E-state index < -0.39 is 0 Å². The summed E-state index contributed by atoms with van der Waals surface area (Å²) in [4.78, 5) is 16.5. The number of ether oxygens (including phenoxy) is 1. The lowest BCUT2D eigenvalue weighted by Crippen LogP contribution is -2.19. The topological polar surface area (TPSA) is 51.2 Å². The van der Waals surface area contributed by atoms with Gasteiger partial charge < -0.3 is 10.1 Å². The maximum Gasteiger partial charge on any atom is 0.269 e. The average molecular weight is 292 g/mol. The number of carbonyl (C=O) groups is 1. The van der Waals surface area contributed by atoms with Gasteiger partial charge in [-0.15, -0.1) is 0 Å². The molecule has 22 heavy (non-hydrogen) atoms. The van der Waals surface area contributed by atoms with Crippen molar-refractivity contribution in [1.29, 1.82) is 0 Å². The van der Waals surface area contributed by atoms with Crippen LogP contribution in [0.25, 0.3) is 22.0 Å². The summed E-state index contributed by atoms with van der Waals surface area (Å²) >= 11 is 0. The summed E-state index contributed by atoms with van der Waals surface area (Å²) in [6.45, 7) is 0. The van der Waals surface area contributed by atoms with E-state index in [9.17, 15) is 4.79 Å². The second-order valence-electron chi connectivity index (χ2n) is 4.86. The first kappa shape index (κ1) is 14.1. The quantitative estimate of drug-likeness (QED) is 0.806. The first-order valence-corrected chi connectivity index (χ1v) is 7.00. The molecule has 1 amide bonds. The predicted molar refractivity (Wildman–Crippen MR) is 87.1 cm³/mol. The van der Waals surface area contributed by atoms with Crippen LogP contribution in [0.5, 0.6) is 5.75 Å². The third-order valence-corrected chi connectivity index (χ3v) is 3.57. The fourth-order valence-electron chi connectivity index (χ4n) is 2.49. The van der Waals surface area contributed by atoms with E-state index in [1.165, 1.54) is 0 Å². The lowest BCUT2D eigenvalue weighted by atomic mass is 9.99. The van der Waals surface area contributed by atoms with Crippen molar-refractivity contribution in [2.75, 3.05) is 14.2 Å². The second-order valence-corrected chi connectivity index (χ2v) is 4.86. The Morgan fingerprint density at radius 3 is 2.55 bits per heavy atom. The normalized spacial score (nSPS) is 10.5. The van der Waals surface area contributed by atoms with E-state index in [1.54, 1.807) is 14.2 Å². The lowest BCUT2D eigenvalue weighted by molar-refractivity contribution is 0.0958. The van der Waals surface area contributed by atoms with E-state index in [2.05, 4.69) is 10.3 Å². The maximum absolute atomic E-state index is 12.0. The number of hydrogen-bond donors (Lipinski definition) is 1. The van der Waals surface area contributed by atoms with Gasteiger partial charge in [-0.1, -0.05) is 42.5 Å². The van der Waals surface area contributed by atoms with Crippen LogP contribution in [0.15, 0.2) is 54.6 Å². The number of hydrogen-bond acceptors (Lipinski definition) is 3. The van der Waals surface area contributed by atoms with Crippen molar-refractivity contribution in [3.05, 3.63) is 60.3 Å². The van der Waals surface area contributed by atoms with E-state index in [0.717, 1.165) is 16.5 Å². The third-order valence-electron chi connectivity index (χ3n) is 3.57. The van der Waals surface area contributed by atoms with Gasteiger partial charge in [-0.05, 0) is 23.3 Å². The minimum absolute atomic E-state index is 0.218. The zero-order valence-electron chi connectivity index (χ0n) is 12.5. The fourth-order valence-corrected chi connectivity index (χ4v) is 2.49. The molecule has 0 radical (unpaired) electrons. The van der Waals surface area contributed by atoms with E-state index in [0.29, 0.717) is 17.0 Å². The van der Waals surface area contributed by atoms with Crippen LogP contribution in [0.4, 0.5) is 0 Å². The Kier molecular flexibility index (Phi) is 3.74. The SMILES string of the molecule is CNC(=O)c1cc(-c2ccccc2)c2cccc(OC)c2n1. The van der Waals surface area contributed by atoms with Crippen LogP contribution < -0.4 is 10.1 Å². The van der Waals surface area contributed by atoms with Gasteiger partial charge >= 0.3 is 0 Å². The van der Waals surface area contributed by atoms with Crippen LogP contribution in [0.3, 0.4) is 0 Å². The molecule has 0 bridgehead atoms. The number of fused-ring (bicyclic) bond motifs is 1. The van der Waals surface area contributed by atoms with Crippen molar-refractivity contribution >= 4 is 16.8 Å². The summed E-state index contributed by atoms with van der Waals surface area (Å²) in [6, 6.07) is 17.5. The van der Waals surface area contributed by atoms with Crippen LogP contribution in [0, 0.1) is 0 Å². The number of amides is 1. The average Bonchev–Trinajstić information content (AvgIpc) is 2.60. The molecule has 0 saturated heterocycles. The van der Waals surface area contributed by atoms with E-state index in [4.69, 9.17) is 4.74 Å². The molecule has 4 nitrogen and oxygen atoms in total. The Bertz CT molecular complexity index is 829. The Labute approximate surface area is 128 Å². The Morgan fingerprint density at radius 2 is 1.86 bits per heavy atom. The van der Waals surface area contributed by atoms with Crippen molar-refractivity contribution in [3.63, 3.8) is 0 Å². The van der Waals surface area contributed by atoms with Crippen LogP contribution in [0.2, 0.25) is 0 Å². The highest BCUT2D eigenvalue weighted by Crippen LogP contribution is 2.32. The number of nitrogens with zero attached hydrogens (tertiary/aromatic N) is 1. The first-order valence-electron chi connectivity index (χ1n) is 7.00. The molecule has 1 aromatic heterocycles. The van der Waals surface area contributed by atoms with Gasteiger partial charge in [0.05, 0.1) is 7.11 Å². The van der Waals surface area contributed by atoms with E-state index in [1.807, 2.05) is 54.6 Å². The summed E-state index contributed by atoms with van der Waals surface area (Å²) in [7, 11) is 3.20. The monoisotopic (exact) mass is 292 g/mol. The number of nitrogens with one attached hydrogen (secondary N) is 1. The van der Waals surface area contributed by atoms with Gasteiger partial charge in [0.25, 0.3) is 5.91 Å². The molecule has 0 aliphatic heterocycles. The van der Waals surface area contributed by atoms with E-state index in [-0.39, 0.29) is 5.91 Å². The van der Waals surface area contributed by atoms with Crippen LogP contribution in [0.1, 0.15) is 10.5 Å². The molecular formula is C18H16N2O2. The molecule has 0 spiro atoms. The number of rotatable bonds is 3. The molecule has 1 N–H and O–H groups in total. The number of carbonyl (C=O) groups excluding carboxylic acids is 1. The molecule has 0 atom stereocenters. The molecular weight excluding hydrogens is 276 g/mol. The molecule has 0 fully saturated rings. The standard InChI is InChI=1S/C18H16N2O2/c1-19-18(21)15-11-14(12-7-4-3-5-8-12)13-9-6-10-16(22-2)17(13)20-15/h3-11H,1-2H3,(H,19,21). The molecule has 3 aromatic rings. The zero-order chi connectivity index (χ0) is 15.5. The molecule has 0 saturated carbocycles. The molecule has 4 heteroatoms. The van der Waals surface area contributed by atoms with Crippen molar-refractivity contribution in [1.82, 2.24) is 10.3 Å². The van der Waals surface area contributed by atoms with Gasteiger partial charge in [0.2, 0.25) is 0 Å². The van der Waals surface area contributed by atoms with Crippen molar-refractivity contribution < 1.29 is 9.53 Å². The van der Waals surface area contributed by atoms with Gasteiger partial charge in [0.1, 0.15) is 17.0 Å². The molecule has 2 aromatic carbocycles. The van der Waals surface area contributed by atoms with Crippen molar-refractivity contribution in [2.45, 2.75) is 0 Å². The van der Waals surface area contributed by atoms with Gasteiger partial charge in [-0.2, -0.15) is 0 Å². The van der Waals surface area contributed by atoms with Crippen LogP contribution in [-0.2, 0) is 0 Å². The summed E-state index contributed by atoms with van der Waals surface area (Å²) in [5.74, 6) is 0.436. The van der Waals surface area contributed by atoms with Gasteiger partial charge in [-0.25, -0.2) is 4.98 Å². The molecule has 0 unspecified atom stereocenters. The highest BCUT2D eigenvalue weighted by Gasteiger charge is 2.14. The molecule has 0 aliphatic rings. The van der Waals surface area contributed by atoms with Crippen molar-refractivity contribution in [3.8, 4) is 16.9 Å². The Hall–Kier alpha value is -2.88. The van der Waals surface area contributed by atoms with E-state index >= 15 is 0 Å². The molecule has 110 valence electrons.